The summed E-state index contributed by atoms with van der Waals surface area (Å²) in [5.41, 5.74) is 1.12. The van der Waals surface area contributed by atoms with Crippen molar-refractivity contribution in [1.29, 1.82) is 0 Å². The first-order valence-electron chi connectivity index (χ1n) is 5.99. The lowest BCUT2D eigenvalue weighted by molar-refractivity contribution is 0.126. The third-order valence-electron chi connectivity index (χ3n) is 2.55. The van der Waals surface area contributed by atoms with Crippen LogP contribution in [-0.4, -0.2) is 49.6 Å². The van der Waals surface area contributed by atoms with Gasteiger partial charge in [-0.15, -0.1) is 0 Å². The molecule has 102 valence electrons. The maximum absolute atomic E-state index is 11.2. The van der Waals surface area contributed by atoms with Crippen molar-refractivity contribution in [2.75, 3.05) is 25.1 Å². The minimum absolute atomic E-state index is 0.118. The Morgan fingerprint density at radius 1 is 1.28 bits per heavy atom. The molecular weight excluding hydrogens is 250 g/mol. The highest BCUT2D eigenvalue weighted by molar-refractivity contribution is 7.90. The van der Waals surface area contributed by atoms with Crippen LogP contribution in [0.25, 0.3) is 0 Å². The molecule has 0 aliphatic heterocycles. The van der Waals surface area contributed by atoms with Crippen LogP contribution < -0.4 is 0 Å². The van der Waals surface area contributed by atoms with Gasteiger partial charge in [-0.05, 0) is 12.5 Å². The topological polar surface area (TPSA) is 57.6 Å². The summed E-state index contributed by atoms with van der Waals surface area (Å²) < 4.78 is 22.4. The van der Waals surface area contributed by atoms with Crippen molar-refractivity contribution < 1.29 is 13.5 Å². The van der Waals surface area contributed by atoms with Gasteiger partial charge in [0.1, 0.15) is 9.84 Å². The predicted octanol–water partition coefficient (Wildman–Crippen LogP) is 0.914. The Labute approximate surface area is 109 Å². The van der Waals surface area contributed by atoms with Crippen LogP contribution in [0.4, 0.5) is 0 Å². The zero-order chi connectivity index (χ0) is 13.6. The summed E-state index contributed by atoms with van der Waals surface area (Å²) in [5, 5.41) is 9.44. The molecule has 1 atom stereocenters. The second-order valence-electron chi connectivity index (χ2n) is 4.70. The van der Waals surface area contributed by atoms with Crippen molar-refractivity contribution >= 4 is 9.84 Å². The Bertz CT molecular complexity index is 443. The van der Waals surface area contributed by atoms with E-state index in [-0.39, 0.29) is 5.75 Å². The Morgan fingerprint density at radius 3 is 2.39 bits per heavy atom. The van der Waals surface area contributed by atoms with Gasteiger partial charge in [0.25, 0.3) is 0 Å². The van der Waals surface area contributed by atoms with E-state index in [1.165, 1.54) is 6.26 Å². The fourth-order valence-electron chi connectivity index (χ4n) is 1.75. The predicted molar refractivity (Wildman–Crippen MR) is 73.1 cm³/mol. The summed E-state index contributed by atoms with van der Waals surface area (Å²) in [4.78, 5) is 1.96. The van der Waals surface area contributed by atoms with E-state index in [0.717, 1.165) is 5.56 Å². The summed E-state index contributed by atoms with van der Waals surface area (Å²) in [6.07, 6.45) is 0.768. The van der Waals surface area contributed by atoms with Gasteiger partial charge < -0.3 is 5.11 Å². The third-order valence-corrected chi connectivity index (χ3v) is 3.47. The average molecular weight is 271 g/mol. The number of hydrogen-bond donors (Lipinski definition) is 1. The van der Waals surface area contributed by atoms with Gasteiger partial charge in [-0.1, -0.05) is 30.3 Å². The first kappa shape index (κ1) is 15.1. The maximum atomic E-state index is 11.2. The molecule has 4 nitrogen and oxygen atoms in total. The molecule has 0 bridgehead atoms. The van der Waals surface area contributed by atoms with Crippen LogP contribution in [0, 0.1) is 0 Å². The maximum Gasteiger partial charge on any atom is 0.148 e. The zero-order valence-corrected chi connectivity index (χ0v) is 11.7. The van der Waals surface area contributed by atoms with Crippen molar-refractivity contribution in [2.24, 2.45) is 0 Å². The molecule has 0 spiro atoms. The number of nitrogens with zero attached hydrogens (tertiary/aromatic N) is 1. The van der Waals surface area contributed by atoms with Gasteiger partial charge in [-0.3, -0.25) is 4.90 Å². The van der Waals surface area contributed by atoms with Gasteiger partial charge >= 0.3 is 0 Å². The summed E-state index contributed by atoms with van der Waals surface area (Å²) in [5.74, 6) is 0.118. The molecule has 1 N–H and O–H groups in total. The average Bonchev–Trinajstić information content (AvgIpc) is 2.25. The van der Waals surface area contributed by atoms with Gasteiger partial charge in [0.05, 0.1) is 11.9 Å². The molecule has 1 rings (SSSR count). The highest BCUT2D eigenvalue weighted by Gasteiger charge is 2.12. The van der Waals surface area contributed by atoms with Gasteiger partial charge in [0, 0.05) is 25.9 Å². The van der Waals surface area contributed by atoms with Gasteiger partial charge in [0.15, 0.2) is 0 Å². The van der Waals surface area contributed by atoms with Crippen molar-refractivity contribution in [1.82, 2.24) is 4.90 Å². The summed E-state index contributed by atoms with van der Waals surface area (Å²) >= 11 is 0. The van der Waals surface area contributed by atoms with E-state index >= 15 is 0 Å². The van der Waals surface area contributed by atoms with Gasteiger partial charge in [-0.25, -0.2) is 8.42 Å². The molecule has 0 aliphatic carbocycles. The molecule has 18 heavy (non-hydrogen) atoms. The van der Waals surface area contributed by atoms with Crippen LogP contribution in [0.5, 0.6) is 0 Å². The molecule has 0 amide bonds. The Morgan fingerprint density at radius 2 is 1.89 bits per heavy atom. The Balaban J connectivity index is 2.61. The number of hydrogen-bond acceptors (Lipinski definition) is 4. The molecule has 0 aromatic heterocycles. The third kappa shape index (κ3) is 6.74. The molecule has 1 aromatic rings. The highest BCUT2D eigenvalue weighted by atomic mass is 32.2. The van der Waals surface area contributed by atoms with Crippen LogP contribution in [0.15, 0.2) is 30.3 Å². The van der Waals surface area contributed by atoms with Crippen molar-refractivity contribution in [2.45, 2.75) is 19.6 Å². The molecule has 0 fully saturated rings. The molecule has 0 saturated carbocycles. The second kappa shape index (κ2) is 6.87. The Hall–Kier alpha value is -0.910. The monoisotopic (exact) mass is 271 g/mol. The van der Waals surface area contributed by atoms with Gasteiger partial charge in [-0.2, -0.15) is 0 Å². The lowest BCUT2D eigenvalue weighted by Crippen LogP contribution is -2.34. The van der Waals surface area contributed by atoms with E-state index < -0.39 is 15.9 Å². The van der Waals surface area contributed by atoms with Crippen LogP contribution in [0.3, 0.4) is 0 Å². The van der Waals surface area contributed by atoms with E-state index in [1.807, 2.05) is 35.2 Å². The van der Waals surface area contributed by atoms with E-state index in [1.54, 1.807) is 6.92 Å². The lowest BCUT2D eigenvalue weighted by Gasteiger charge is -2.23. The van der Waals surface area contributed by atoms with Crippen molar-refractivity contribution in [3.63, 3.8) is 0 Å². The second-order valence-corrected chi connectivity index (χ2v) is 6.96. The van der Waals surface area contributed by atoms with E-state index in [9.17, 15) is 13.5 Å². The molecule has 0 radical (unpaired) electrons. The molecule has 0 heterocycles. The fourth-order valence-corrected chi connectivity index (χ4v) is 2.33. The number of aliphatic hydroxyl groups excluding tert-OH is 1. The largest absolute Gasteiger partial charge is 0.392 e. The molecular formula is C13H21NO3S. The Kier molecular flexibility index (Phi) is 5.78. The van der Waals surface area contributed by atoms with Crippen molar-refractivity contribution in [3.05, 3.63) is 35.9 Å². The first-order chi connectivity index (χ1) is 8.37. The fraction of sp³-hybridized carbons (Fsp3) is 0.538. The van der Waals surface area contributed by atoms with Gasteiger partial charge in [0.2, 0.25) is 0 Å². The molecule has 0 unspecified atom stereocenters. The van der Waals surface area contributed by atoms with E-state index in [0.29, 0.717) is 19.6 Å². The summed E-state index contributed by atoms with van der Waals surface area (Å²) in [6.45, 7) is 3.28. The molecule has 0 saturated heterocycles. The number of sulfone groups is 1. The number of rotatable bonds is 7. The van der Waals surface area contributed by atoms with E-state index in [2.05, 4.69) is 0 Å². The molecule has 0 aliphatic rings. The number of benzene rings is 1. The lowest BCUT2D eigenvalue weighted by atomic mass is 10.2. The normalized spacial score (nSPS) is 13.8. The van der Waals surface area contributed by atoms with Crippen LogP contribution in [-0.2, 0) is 16.4 Å². The number of aliphatic hydroxyl groups is 1. The minimum Gasteiger partial charge on any atom is -0.392 e. The van der Waals surface area contributed by atoms with E-state index in [4.69, 9.17) is 0 Å². The smallest absolute Gasteiger partial charge is 0.148 e. The molecule has 5 heteroatoms. The quantitative estimate of drug-likeness (QED) is 0.801. The molecule has 1 aromatic carbocycles. The summed E-state index contributed by atoms with van der Waals surface area (Å²) in [7, 11) is -2.97. The zero-order valence-electron chi connectivity index (χ0n) is 10.9. The standard InChI is InChI=1S/C13H21NO3S/c1-12(15)10-14(8-9-18(2,16)17)11-13-6-4-3-5-7-13/h3-7,12,15H,8-11H2,1-2H3/t12-/m1/s1. The van der Waals surface area contributed by atoms with Crippen molar-refractivity contribution in [3.8, 4) is 0 Å². The minimum atomic E-state index is -2.97. The van der Waals surface area contributed by atoms with Crippen LogP contribution >= 0.6 is 0 Å². The van der Waals surface area contributed by atoms with Crippen LogP contribution in [0.2, 0.25) is 0 Å². The highest BCUT2D eigenvalue weighted by Crippen LogP contribution is 2.05. The summed E-state index contributed by atoms with van der Waals surface area (Å²) in [6, 6.07) is 9.84. The first-order valence-corrected chi connectivity index (χ1v) is 8.05. The SMILES string of the molecule is C[C@@H](O)CN(CCS(C)(=O)=O)Cc1ccccc1. The van der Waals surface area contributed by atoms with Crippen LogP contribution in [0.1, 0.15) is 12.5 Å².